The number of fused-ring (bicyclic) bond motifs is 1. The molecule has 1 saturated heterocycles. The molecule has 0 radical (unpaired) electrons. The SMILES string of the molecule is O=C1CCC(NC(=O)CC2CNc3ccccc32)C(=O)N1. The molecular weight excluding hydrogens is 270 g/mol. The molecule has 0 aliphatic carbocycles. The molecule has 3 amide bonds. The standard InChI is InChI=1S/C15H17N3O3/c19-13-6-5-12(15(21)18-13)17-14(20)7-9-8-16-11-4-2-1-3-10(9)11/h1-4,9,12,16H,5-8H2,(H,17,20)(H,18,19,21). The molecule has 1 aromatic rings. The number of amides is 3. The fourth-order valence-corrected chi connectivity index (χ4v) is 2.85. The molecule has 1 fully saturated rings. The maximum absolute atomic E-state index is 12.1. The Bertz CT molecular complexity index is 600. The number of piperidine rings is 1. The maximum atomic E-state index is 12.1. The molecule has 2 unspecified atom stereocenters. The van der Waals surface area contributed by atoms with E-state index in [1.165, 1.54) is 0 Å². The van der Waals surface area contributed by atoms with Crippen molar-refractivity contribution in [1.29, 1.82) is 0 Å². The van der Waals surface area contributed by atoms with Crippen molar-refractivity contribution in [2.24, 2.45) is 0 Å². The van der Waals surface area contributed by atoms with Gasteiger partial charge in [0.1, 0.15) is 6.04 Å². The largest absolute Gasteiger partial charge is 0.384 e. The molecule has 0 saturated carbocycles. The highest BCUT2D eigenvalue weighted by Gasteiger charge is 2.29. The third-order valence-electron chi connectivity index (χ3n) is 3.95. The van der Waals surface area contributed by atoms with Gasteiger partial charge in [-0.25, -0.2) is 0 Å². The van der Waals surface area contributed by atoms with Crippen molar-refractivity contribution in [2.45, 2.75) is 31.2 Å². The number of nitrogens with one attached hydrogen (secondary N) is 3. The van der Waals surface area contributed by atoms with E-state index in [1.807, 2.05) is 24.3 Å². The molecule has 2 aliphatic rings. The first-order valence-electron chi connectivity index (χ1n) is 7.09. The van der Waals surface area contributed by atoms with Crippen LogP contribution in [0.3, 0.4) is 0 Å². The van der Waals surface area contributed by atoms with Gasteiger partial charge in [-0.1, -0.05) is 18.2 Å². The molecule has 2 atom stereocenters. The zero-order valence-electron chi connectivity index (χ0n) is 11.5. The van der Waals surface area contributed by atoms with Crippen molar-refractivity contribution in [3.8, 4) is 0 Å². The van der Waals surface area contributed by atoms with Gasteiger partial charge in [-0.15, -0.1) is 0 Å². The molecule has 0 bridgehead atoms. The number of rotatable bonds is 3. The lowest BCUT2D eigenvalue weighted by molar-refractivity contribution is -0.137. The number of hydrogen-bond acceptors (Lipinski definition) is 4. The van der Waals surface area contributed by atoms with Gasteiger partial charge in [-0.05, 0) is 18.1 Å². The van der Waals surface area contributed by atoms with Crippen LogP contribution in [0.5, 0.6) is 0 Å². The highest BCUT2D eigenvalue weighted by molar-refractivity contribution is 6.01. The minimum Gasteiger partial charge on any atom is -0.384 e. The van der Waals surface area contributed by atoms with Gasteiger partial charge < -0.3 is 10.6 Å². The Morgan fingerprint density at radius 3 is 2.90 bits per heavy atom. The van der Waals surface area contributed by atoms with Crippen LogP contribution < -0.4 is 16.0 Å². The highest BCUT2D eigenvalue weighted by atomic mass is 16.2. The Hall–Kier alpha value is -2.37. The van der Waals surface area contributed by atoms with Crippen LogP contribution in [0.4, 0.5) is 5.69 Å². The van der Waals surface area contributed by atoms with E-state index in [2.05, 4.69) is 16.0 Å². The van der Waals surface area contributed by atoms with Gasteiger partial charge in [0.25, 0.3) is 0 Å². The van der Waals surface area contributed by atoms with E-state index in [4.69, 9.17) is 0 Å². The summed E-state index contributed by atoms with van der Waals surface area (Å²) in [6.45, 7) is 0.724. The van der Waals surface area contributed by atoms with Gasteiger partial charge in [0, 0.05) is 31.0 Å². The van der Waals surface area contributed by atoms with Gasteiger partial charge in [0.05, 0.1) is 0 Å². The molecule has 1 aromatic carbocycles. The maximum Gasteiger partial charge on any atom is 0.249 e. The van der Waals surface area contributed by atoms with Crippen molar-refractivity contribution in [3.05, 3.63) is 29.8 Å². The Kier molecular flexibility index (Phi) is 3.60. The number of imide groups is 1. The van der Waals surface area contributed by atoms with Crippen molar-refractivity contribution in [3.63, 3.8) is 0 Å². The second-order valence-corrected chi connectivity index (χ2v) is 5.44. The number of benzene rings is 1. The van der Waals surface area contributed by atoms with Crippen molar-refractivity contribution in [2.75, 3.05) is 11.9 Å². The summed E-state index contributed by atoms with van der Waals surface area (Å²) in [7, 11) is 0. The van der Waals surface area contributed by atoms with Crippen LogP contribution in [-0.4, -0.2) is 30.3 Å². The zero-order valence-corrected chi connectivity index (χ0v) is 11.5. The van der Waals surface area contributed by atoms with E-state index < -0.39 is 11.9 Å². The Morgan fingerprint density at radius 2 is 2.10 bits per heavy atom. The minimum atomic E-state index is -0.597. The summed E-state index contributed by atoms with van der Waals surface area (Å²) in [6, 6.07) is 7.32. The highest BCUT2D eigenvalue weighted by Crippen LogP contribution is 2.33. The lowest BCUT2D eigenvalue weighted by Crippen LogP contribution is -2.52. The fourth-order valence-electron chi connectivity index (χ4n) is 2.85. The van der Waals surface area contributed by atoms with Crippen LogP contribution in [0.25, 0.3) is 0 Å². The molecule has 6 nitrogen and oxygen atoms in total. The zero-order chi connectivity index (χ0) is 14.8. The molecule has 6 heteroatoms. The van der Waals surface area contributed by atoms with E-state index in [-0.39, 0.29) is 24.2 Å². The molecular formula is C15H17N3O3. The average Bonchev–Trinajstić information content (AvgIpc) is 2.85. The van der Waals surface area contributed by atoms with Crippen LogP contribution in [0.15, 0.2) is 24.3 Å². The van der Waals surface area contributed by atoms with Crippen LogP contribution in [0, 0.1) is 0 Å². The summed E-state index contributed by atoms with van der Waals surface area (Å²) in [6.07, 6.45) is 0.974. The first kappa shape index (κ1) is 13.6. The monoisotopic (exact) mass is 287 g/mol. The molecule has 2 heterocycles. The summed E-state index contributed by atoms with van der Waals surface area (Å²) in [4.78, 5) is 34.8. The van der Waals surface area contributed by atoms with E-state index in [0.717, 1.165) is 17.8 Å². The van der Waals surface area contributed by atoms with E-state index in [9.17, 15) is 14.4 Å². The van der Waals surface area contributed by atoms with Crippen LogP contribution in [-0.2, 0) is 14.4 Å². The molecule has 110 valence electrons. The molecule has 21 heavy (non-hydrogen) atoms. The topological polar surface area (TPSA) is 87.3 Å². The third kappa shape index (κ3) is 2.89. The molecule has 0 spiro atoms. The number of carbonyl (C=O) groups excluding carboxylic acids is 3. The average molecular weight is 287 g/mol. The fraction of sp³-hybridized carbons (Fsp3) is 0.400. The molecule has 3 N–H and O–H groups in total. The molecule has 2 aliphatic heterocycles. The summed E-state index contributed by atoms with van der Waals surface area (Å²) in [5.74, 6) is -0.730. The number of hydrogen-bond donors (Lipinski definition) is 3. The number of anilines is 1. The van der Waals surface area contributed by atoms with Crippen molar-refractivity contribution >= 4 is 23.4 Å². The Morgan fingerprint density at radius 1 is 1.29 bits per heavy atom. The summed E-state index contributed by atoms with van der Waals surface area (Å²) < 4.78 is 0. The molecule has 3 rings (SSSR count). The van der Waals surface area contributed by atoms with Gasteiger partial charge in [-0.3, -0.25) is 19.7 Å². The lowest BCUT2D eigenvalue weighted by atomic mass is 9.97. The van der Waals surface area contributed by atoms with Crippen LogP contribution in [0.1, 0.15) is 30.7 Å². The van der Waals surface area contributed by atoms with E-state index in [1.54, 1.807) is 0 Å². The minimum absolute atomic E-state index is 0.120. The summed E-state index contributed by atoms with van der Waals surface area (Å²) >= 11 is 0. The first-order valence-corrected chi connectivity index (χ1v) is 7.09. The Balaban J connectivity index is 1.58. The molecule has 0 aromatic heterocycles. The van der Waals surface area contributed by atoms with E-state index in [0.29, 0.717) is 12.8 Å². The Labute approximate surface area is 122 Å². The second-order valence-electron chi connectivity index (χ2n) is 5.44. The van der Waals surface area contributed by atoms with Crippen LogP contribution >= 0.6 is 0 Å². The van der Waals surface area contributed by atoms with Crippen LogP contribution in [0.2, 0.25) is 0 Å². The predicted octanol–water partition coefficient (Wildman–Crippen LogP) is 0.507. The predicted molar refractivity (Wildman–Crippen MR) is 76.6 cm³/mol. The van der Waals surface area contributed by atoms with Gasteiger partial charge >= 0.3 is 0 Å². The lowest BCUT2D eigenvalue weighted by Gasteiger charge is -2.22. The van der Waals surface area contributed by atoms with Gasteiger partial charge in [0.15, 0.2) is 0 Å². The summed E-state index contributed by atoms with van der Waals surface area (Å²) in [5, 5.41) is 8.22. The third-order valence-corrected chi connectivity index (χ3v) is 3.95. The summed E-state index contributed by atoms with van der Waals surface area (Å²) in [5.41, 5.74) is 2.20. The van der Waals surface area contributed by atoms with Gasteiger partial charge in [0.2, 0.25) is 17.7 Å². The smallest absolute Gasteiger partial charge is 0.249 e. The van der Waals surface area contributed by atoms with Gasteiger partial charge in [-0.2, -0.15) is 0 Å². The number of carbonyl (C=O) groups is 3. The first-order chi connectivity index (χ1) is 10.1. The number of para-hydroxylation sites is 1. The van der Waals surface area contributed by atoms with Crippen molar-refractivity contribution < 1.29 is 14.4 Å². The normalized spacial score (nSPS) is 24.0. The second kappa shape index (κ2) is 5.55. The quantitative estimate of drug-likeness (QED) is 0.707. The van der Waals surface area contributed by atoms with E-state index >= 15 is 0 Å². The van der Waals surface area contributed by atoms with Crippen molar-refractivity contribution in [1.82, 2.24) is 10.6 Å².